The van der Waals surface area contributed by atoms with E-state index in [-0.39, 0.29) is 11.7 Å². The highest BCUT2D eigenvalue weighted by Gasteiger charge is 2.21. The average molecular weight is 510 g/mol. The van der Waals surface area contributed by atoms with E-state index in [1.165, 1.54) is 35.0 Å². The minimum absolute atomic E-state index is 0.139. The van der Waals surface area contributed by atoms with E-state index in [1.54, 1.807) is 11.3 Å². The number of aromatic nitrogens is 3. The molecule has 0 unspecified atom stereocenters. The molecule has 0 saturated heterocycles. The Kier molecular flexibility index (Phi) is 8.47. The molecule has 35 heavy (non-hydrogen) atoms. The van der Waals surface area contributed by atoms with Gasteiger partial charge in [0.25, 0.3) is 0 Å². The Morgan fingerprint density at radius 1 is 1.23 bits per heavy atom. The molecular weight excluding hydrogens is 478 g/mol. The van der Waals surface area contributed by atoms with Gasteiger partial charge in [-0.2, -0.15) is 5.26 Å². The van der Waals surface area contributed by atoms with Gasteiger partial charge in [0.15, 0.2) is 11.0 Å². The van der Waals surface area contributed by atoms with E-state index in [2.05, 4.69) is 34.6 Å². The number of rotatable bonds is 8. The number of nitrogens with zero attached hydrogens (tertiary/aromatic N) is 4. The first-order valence-electron chi connectivity index (χ1n) is 12.1. The highest BCUT2D eigenvalue weighted by Crippen LogP contribution is 2.36. The van der Waals surface area contributed by atoms with Crippen LogP contribution < -0.4 is 10.1 Å². The maximum atomic E-state index is 12.8. The third-order valence-electron chi connectivity index (χ3n) is 6.39. The smallest absolute Gasteiger partial charge is 0.235 e. The molecule has 0 spiro atoms. The second-order valence-electron chi connectivity index (χ2n) is 8.70. The SMILES string of the molecule is CCn1c(COc2cccc(C)c2C)nnc1SCC(=O)Nc1sc2c(c1C#N)CCCCCC2. The lowest BCUT2D eigenvalue weighted by Gasteiger charge is -2.11. The third-order valence-corrected chi connectivity index (χ3v) is 8.56. The van der Waals surface area contributed by atoms with Gasteiger partial charge >= 0.3 is 0 Å². The van der Waals surface area contributed by atoms with E-state index < -0.39 is 0 Å². The first-order chi connectivity index (χ1) is 17.0. The fraction of sp³-hybridized carbons (Fsp3) is 0.462. The number of anilines is 1. The van der Waals surface area contributed by atoms with Crippen molar-refractivity contribution < 1.29 is 9.53 Å². The van der Waals surface area contributed by atoms with Crippen molar-refractivity contribution in [2.45, 2.75) is 77.6 Å². The van der Waals surface area contributed by atoms with E-state index in [0.29, 0.717) is 28.9 Å². The van der Waals surface area contributed by atoms with Crippen LogP contribution in [0, 0.1) is 25.2 Å². The third kappa shape index (κ3) is 5.88. The number of thioether (sulfide) groups is 1. The molecule has 1 aliphatic rings. The first kappa shape index (κ1) is 25.3. The Hall–Kier alpha value is -2.83. The van der Waals surface area contributed by atoms with Gasteiger partial charge in [-0.1, -0.05) is 36.7 Å². The van der Waals surface area contributed by atoms with Gasteiger partial charge in [-0.05, 0) is 69.2 Å². The van der Waals surface area contributed by atoms with E-state index >= 15 is 0 Å². The second kappa shape index (κ2) is 11.7. The average Bonchev–Trinajstić information content (AvgIpc) is 3.38. The molecule has 184 valence electrons. The molecule has 0 fully saturated rings. The van der Waals surface area contributed by atoms with Gasteiger partial charge in [-0.3, -0.25) is 4.79 Å². The molecule has 1 aliphatic carbocycles. The Morgan fingerprint density at radius 2 is 2.03 bits per heavy atom. The summed E-state index contributed by atoms with van der Waals surface area (Å²) >= 11 is 2.91. The van der Waals surface area contributed by atoms with Crippen LogP contribution in [0.1, 0.15) is 65.6 Å². The summed E-state index contributed by atoms with van der Waals surface area (Å²) in [5.41, 5.74) is 4.07. The topological polar surface area (TPSA) is 92.8 Å². The maximum Gasteiger partial charge on any atom is 0.235 e. The number of thiophene rings is 1. The molecular formula is C26H31N5O2S2. The van der Waals surface area contributed by atoms with Crippen molar-refractivity contribution in [2.75, 3.05) is 11.1 Å². The number of hydrogen-bond donors (Lipinski definition) is 1. The quantitative estimate of drug-likeness (QED) is 0.385. The molecule has 3 aromatic rings. The molecule has 0 bridgehead atoms. The molecule has 2 aromatic heterocycles. The van der Waals surface area contributed by atoms with Gasteiger partial charge in [-0.25, -0.2) is 0 Å². The molecule has 2 heterocycles. The minimum Gasteiger partial charge on any atom is -0.485 e. The molecule has 7 nitrogen and oxygen atoms in total. The Labute approximate surface area is 214 Å². The summed E-state index contributed by atoms with van der Waals surface area (Å²) < 4.78 is 7.98. The van der Waals surface area contributed by atoms with Crippen LogP contribution in [-0.2, 0) is 30.8 Å². The van der Waals surface area contributed by atoms with E-state index in [9.17, 15) is 10.1 Å². The number of nitrogens with one attached hydrogen (secondary N) is 1. The van der Waals surface area contributed by atoms with Crippen LogP contribution in [0.4, 0.5) is 5.00 Å². The van der Waals surface area contributed by atoms with Crippen LogP contribution in [0.3, 0.4) is 0 Å². The van der Waals surface area contributed by atoms with Crippen LogP contribution in [0.25, 0.3) is 0 Å². The fourth-order valence-corrected chi connectivity index (χ4v) is 6.37. The van der Waals surface area contributed by atoms with Crippen LogP contribution >= 0.6 is 23.1 Å². The molecule has 0 radical (unpaired) electrons. The predicted molar refractivity (Wildman–Crippen MR) is 140 cm³/mol. The zero-order valence-corrected chi connectivity index (χ0v) is 22.2. The Balaban J connectivity index is 1.39. The number of hydrogen-bond acceptors (Lipinski definition) is 7. The van der Waals surface area contributed by atoms with Gasteiger partial charge in [0, 0.05) is 11.4 Å². The number of ether oxygens (including phenoxy) is 1. The second-order valence-corrected chi connectivity index (χ2v) is 10.7. The van der Waals surface area contributed by atoms with Crippen molar-refractivity contribution >= 4 is 34.0 Å². The minimum atomic E-state index is -0.139. The van der Waals surface area contributed by atoms with Gasteiger partial charge in [0.2, 0.25) is 5.91 Å². The molecule has 1 N–H and O–H groups in total. The largest absolute Gasteiger partial charge is 0.485 e. The van der Waals surface area contributed by atoms with Gasteiger partial charge in [0.05, 0.1) is 11.3 Å². The Morgan fingerprint density at radius 3 is 2.80 bits per heavy atom. The lowest BCUT2D eigenvalue weighted by Crippen LogP contribution is -2.15. The highest BCUT2D eigenvalue weighted by atomic mass is 32.2. The number of benzene rings is 1. The number of aryl methyl sites for hydroxylation is 2. The van der Waals surface area contributed by atoms with Crippen LogP contribution in [-0.4, -0.2) is 26.4 Å². The van der Waals surface area contributed by atoms with E-state index in [0.717, 1.165) is 48.4 Å². The van der Waals surface area contributed by atoms with Gasteiger partial charge in [-0.15, -0.1) is 21.5 Å². The normalized spacial score (nSPS) is 13.4. The zero-order valence-electron chi connectivity index (χ0n) is 20.5. The monoisotopic (exact) mass is 509 g/mol. The van der Waals surface area contributed by atoms with Crippen molar-refractivity contribution in [1.29, 1.82) is 5.26 Å². The lowest BCUT2D eigenvalue weighted by molar-refractivity contribution is -0.113. The number of fused-ring (bicyclic) bond motifs is 1. The summed E-state index contributed by atoms with van der Waals surface area (Å²) in [7, 11) is 0. The predicted octanol–water partition coefficient (Wildman–Crippen LogP) is 5.82. The van der Waals surface area contributed by atoms with Crippen molar-refractivity contribution in [1.82, 2.24) is 14.8 Å². The molecule has 9 heteroatoms. The Bertz CT molecular complexity index is 1240. The van der Waals surface area contributed by atoms with Gasteiger partial charge < -0.3 is 14.6 Å². The summed E-state index contributed by atoms with van der Waals surface area (Å²) in [6.45, 7) is 7.11. The van der Waals surface area contributed by atoms with Crippen LogP contribution in [0.2, 0.25) is 0 Å². The van der Waals surface area contributed by atoms with Crippen molar-refractivity contribution in [3.63, 3.8) is 0 Å². The number of carbonyl (C=O) groups is 1. The molecule has 4 rings (SSSR count). The molecule has 0 aliphatic heterocycles. The van der Waals surface area contributed by atoms with Crippen LogP contribution in [0.5, 0.6) is 5.75 Å². The number of amides is 1. The fourth-order valence-electron chi connectivity index (χ4n) is 4.29. The van der Waals surface area contributed by atoms with Crippen molar-refractivity contribution in [3.8, 4) is 11.8 Å². The number of nitriles is 1. The molecule has 0 saturated carbocycles. The first-order valence-corrected chi connectivity index (χ1v) is 13.9. The van der Waals surface area contributed by atoms with E-state index in [1.807, 2.05) is 30.5 Å². The summed E-state index contributed by atoms with van der Waals surface area (Å²) in [6.07, 6.45) is 6.59. The van der Waals surface area contributed by atoms with Crippen molar-refractivity contribution in [3.05, 3.63) is 51.2 Å². The summed E-state index contributed by atoms with van der Waals surface area (Å²) in [6, 6.07) is 8.33. The van der Waals surface area contributed by atoms with Crippen LogP contribution in [0.15, 0.2) is 23.4 Å². The summed E-state index contributed by atoms with van der Waals surface area (Å²) in [5, 5.41) is 22.7. The zero-order chi connectivity index (χ0) is 24.8. The number of carbonyl (C=O) groups excluding carboxylic acids is 1. The standard InChI is InChI=1S/C26H31N5O2S2/c1-4-31-23(15-33-21-12-9-10-17(2)18(21)3)29-30-26(31)34-16-24(32)28-25-20(14-27)19-11-7-5-6-8-13-22(19)35-25/h9-10,12H,4-8,11,13,15-16H2,1-3H3,(H,28,32). The maximum absolute atomic E-state index is 12.8. The summed E-state index contributed by atoms with van der Waals surface area (Å²) in [4.78, 5) is 14.0. The lowest BCUT2D eigenvalue weighted by atomic mass is 9.97. The van der Waals surface area contributed by atoms with Crippen molar-refractivity contribution in [2.24, 2.45) is 0 Å². The molecule has 1 aromatic carbocycles. The highest BCUT2D eigenvalue weighted by molar-refractivity contribution is 7.99. The van der Waals surface area contributed by atoms with E-state index in [4.69, 9.17) is 4.74 Å². The summed E-state index contributed by atoms with van der Waals surface area (Å²) in [5.74, 6) is 1.62. The molecule has 0 atom stereocenters. The molecule has 1 amide bonds. The van der Waals surface area contributed by atoms with Gasteiger partial charge in [0.1, 0.15) is 23.4 Å².